The Kier molecular flexibility index (Phi) is 3.72. The van der Waals surface area contributed by atoms with Crippen molar-refractivity contribution in [1.29, 1.82) is 0 Å². The van der Waals surface area contributed by atoms with Gasteiger partial charge < -0.3 is 10.7 Å². The standard InChI is InChI=1S/C13H15N5O/c1-8-7-12(18-14)17-13(15-8)16-11-5-3-10(4-6-11)9(2)19/h3-7H,14H2,1-2H3,(H2,15,16,17,18). The van der Waals surface area contributed by atoms with E-state index in [0.29, 0.717) is 17.3 Å². The van der Waals surface area contributed by atoms with Gasteiger partial charge in [0.05, 0.1) is 0 Å². The van der Waals surface area contributed by atoms with E-state index in [9.17, 15) is 4.79 Å². The van der Waals surface area contributed by atoms with Crippen LogP contribution < -0.4 is 16.6 Å². The summed E-state index contributed by atoms with van der Waals surface area (Å²) < 4.78 is 0. The van der Waals surface area contributed by atoms with Crippen molar-refractivity contribution < 1.29 is 4.79 Å². The van der Waals surface area contributed by atoms with Crippen LogP contribution in [0.4, 0.5) is 17.5 Å². The van der Waals surface area contributed by atoms with E-state index in [1.165, 1.54) is 6.92 Å². The van der Waals surface area contributed by atoms with Crippen LogP contribution in [0.2, 0.25) is 0 Å². The molecule has 0 saturated carbocycles. The number of ketones is 1. The van der Waals surface area contributed by atoms with Crippen LogP contribution in [0.5, 0.6) is 0 Å². The monoisotopic (exact) mass is 257 g/mol. The Morgan fingerprint density at radius 2 is 1.89 bits per heavy atom. The van der Waals surface area contributed by atoms with Crippen LogP contribution in [0.3, 0.4) is 0 Å². The van der Waals surface area contributed by atoms with Crippen LogP contribution >= 0.6 is 0 Å². The number of nitrogens with zero attached hydrogens (tertiary/aromatic N) is 2. The van der Waals surface area contributed by atoms with Crippen molar-refractivity contribution in [3.05, 3.63) is 41.6 Å². The van der Waals surface area contributed by atoms with Gasteiger partial charge in [-0.2, -0.15) is 4.98 Å². The number of rotatable bonds is 4. The van der Waals surface area contributed by atoms with Crippen molar-refractivity contribution >= 4 is 23.2 Å². The van der Waals surface area contributed by atoms with Gasteiger partial charge in [0.1, 0.15) is 5.82 Å². The largest absolute Gasteiger partial charge is 0.324 e. The lowest BCUT2D eigenvalue weighted by molar-refractivity contribution is 0.101. The SMILES string of the molecule is CC(=O)c1ccc(Nc2nc(C)cc(NN)n2)cc1. The molecule has 0 aliphatic rings. The summed E-state index contributed by atoms with van der Waals surface area (Å²) in [5.74, 6) is 6.35. The average Bonchev–Trinajstić information content (AvgIpc) is 2.38. The third-order valence-electron chi connectivity index (χ3n) is 2.55. The average molecular weight is 257 g/mol. The first-order valence-electron chi connectivity index (χ1n) is 5.79. The molecule has 0 atom stereocenters. The molecule has 0 fully saturated rings. The minimum absolute atomic E-state index is 0.0352. The molecule has 0 bridgehead atoms. The summed E-state index contributed by atoms with van der Waals surface area (Å²) in [6, 6.07) is 8.85. The number of carbonyl (C=O) groups excluding carboxylic acids is 1. The fraction of sp³-hybridized carbons (Fsp3) is 0.154. The van der Waals surface area contributed by atoms with Gasteiger partial charge in [-0.05, 0) is 38.1 Å². The number of hydrogen-bond acceptors (Lipinski definition) is 6. The van der Waals surface area contributed by atoms with Crippen molar-refractivity contribution in [3.8, 4) is 0 Å². The van der Waals surface area contributed by atoms with Crippen molar-refractivity contribution in [2.75, 3.05) is 10.7 Å². The normalized spacial score (nSPS) is 10.1. The predicted molar refractivity (Wildman–Crippen MR) is 74.3 cm³/mol. The van der Waals surface area contributed by atoms with Crippen molar-refractivity contribution in [2.24, 2.45) is 5.84 Å². The zero-order valence-corrected chi connectivity index (χ0v) is 10.8. The second-order valence-electron chi connectivity index (χ2n) is 4.12. The molecule has 6 nitrogen and oxygen atoms in total. The zero-order chi connectivity index (χ0) is 13.8. The van der Waals surface area contributed by atoms with Crippen LogP contribution in [0.1, 0.15) is 23.0 Å². The molecule has 98 valence electrons. The number of hydrazine groups is 1. The third-order valence-corrected chi connectivity index (χ3v) is 2.55. The van der Waals surface area contributed by atoms with Gasteiger partial charge in [0, 0.05) is 23.0 Å². The predicted octanol–water partition coefficient (Wildman–Crippen LogP) is 2.02. The van der Waals surface area contributed by atoms with E-state index in [2.05, 4.69) is 20.7 Å². The van der Waals surface area contributed by atoms with Gasteiger partial charge in [0.2, 0.25) is 5.95 Å². The molecular weight excluding hydrogens is 242 g/mol. The van der Waals surface area contributed by atoms with E-state index >= 15 is 0 Å². The van der Waals surface area contributed by atoms with Gasteiger partial charge in [0.15, 0.2) is 5.78 Å². The first-order valence-corrected chi connectivity index (χ1v) is 5.79. The fourth-order valence-electron chi connectivity index (χ4n) is 1.62. The second kappa shape index (κ2) is 5.45. The molecule has 0 amide bonds. The van der Waals surface area contributed by atoms with E-state index in [1.54, 1.807) is 30.3 Å². The second-order valence-corrected chi connectivity index (χ2v) is 4.12. The lowest BCUT2D eigenvalue weighted by atomic mass is 10.1. The number of carbonyl (C=O) groups is 1. The lowest BCUT2D eigenvalue weighted by Crippen LogP contribution is -2.10. The number of nitrogens with two attached hydrogens (primary N) is 1. The Labute approximate surface area is 111 Å². The van der Waals surface area contributed by atoms with E-state index in [-0.39, 0.29) is 5.78 Å². The van der Waals surface area contributed by atoms with Gasteiger partial charge in [-0.3, -0.25) is 4.79 Å². The summed E-state index contributed by atoms with van der Waals surface area (Å²) in [6.45, 7) is 3.39. The number of Topliss-reactive ketones (excluding diaryl/α,β-unsaturated/α-hetero) is 1. The first kappa shape index (κ1) is 13.0. The highest BCUT2D eigenvalue weighted by atomic mass is 16.1. The molecule has 1 aromatic carbocycles. The highest BCUT2D eigenvalue weighted by Crippen LogP contribution is 2.16. The number of aromatic nitrogens is 2. The molecule has 19 heavy (non-hydrogen) atoms. The Balaban J connectivity index is 2.21. The van der Waals surface area contributed by atoms with E-state index in [0.717, 1.165) is 11.4 Å². The lowest BCUT2D eigenvalue weighted by Gasteiger charge is -2.08. The van der Waals surface area contributed by atoms with Crippen molar-refractivity contribution in [1.82, 2.24) is 9.97 Å². The van der Waals surface area contributed by atoms with Crippen molar-refractivity contribution in [3.63, 3.8) is 0 Å². The minimum atomic E-state index is 0.0352. The Bertz CT molecular complexity index is 594. The smallest absolute Gasteiger partial charge is 0.229 e. The molecule has 0 radical (unpaired) electrons. The van der Waals surface area contributed by atoms with Crippen LogP contribution in [0.15, 0.2) is 30.3 Å². The number of nitrogen functional groups attached to an aromatic ring is 1. The molecule has 2 rings (SSSR count). The van der Waals surface area contributed by atoms with Crippen LogP contribution in [-0.4, -0.2) is 15.8 Å². The van der Waals surface area contributed by atoms with Gasteiger partial charge in [-0.25, -0.2) is 10.8 Å². The van der Waals surface area contributed by atoms with Gasteiger partial charge >= 0.3 is 0 Å². The number of nitrogens with one attached hydrogen (secondary N) is 2. The van der Waals surface area contributed by atoms with Crippen LogP contribution in [-0.2, 0) is 0 Å². The topological polar surface area (TPSA) is 92.9 Å². The third kappa shape index (κ3) is 3.26. The summed E-state index contributed by atoms with van der Waals surface area (Å²) in [4.78, 5) is 19.6. The van der Waals surface area contributed by atoms with Crippen LogP contribution in [0.25, 0.3) is 0 Å². The first-order chi connectivity index (χ1) is 9.08. The summed E-state index contributed by atoms with van der Waals surface area (Å²) in [6.07, 6.45) is 0. The minimum Gasteiger partial charge on any atom is -0.324 e. The molecule has 0 aliphatic carbocycles. The zero-order valence-electron chi connectivity index (χ0n) is 10.8. The Morgan fingerprint density at radius 3 is 2.47 bits per heavy atom. The maximum atomic E-state index is 11.2. The molecule has 0 saturated heterocycles. The molecule has 6 heteroatoms. The van der Waals surface area contributed by atoms with Crippen LogP contribution in [0, 0.1) is 6.92 Å². The fourth-order valence-corrected chi connectivity index (χ4v) is 1.62. The quantitative estimate of drug-likeness (QED) is 0.441. The number of benzene rings is 1. The molecule has 0 spiro atoms. The highest BCUT2D eigenvalue weighted by molar-refractivity contribution is 5.94. The number of aryl methyl sites for hydroxylation is 1. The highest BCUT2D eigenvalue weighted by Gasteiger charge is 2.03. The summed E-state index contributed by atoms with van der Waals surface area (Å²) >= 11 is 0. The van der Waals surface area contributed by atoms with E-state index in [4.69, 9.17) is 5.84 Å². The van der Waals surface area contributed by atoms with E-state index in [1.807, 2.05) is 6.92 Å². The molecule has 2 aromatic rings. The Hall–Kier alpha value is -2.47. The summed E-state index contributed by atoms with van der Waals surface area (Å²) in [7, 11) is 0. The molecule has 1 heterocycles. The maximum Gasteiger partial charge on any atom is 0.229 e. The molecule has 4 N–H and O–H groups in total. The van der Waals surface area contributed by atoms with Crippen molar-refractivity contribution in [2.45, 2.75) is 13.8 Å². The van der Waals surface area contributed by atoms with E-state index < -0.39 is 0 Å². The molecular formula is C13H15N5O. The number of hydrogen-bond donors (Lipinski definition) is 3. The molecule has 1 aromatic heterocycles. The molecule has 0 aliphatic heterocycles. The number of anilines is 3. The van der Waals surface area contributed by atoms with Gasteiger partial charge in [-0.15, -0.1) is 0 Å². The maximum absolute atomic E-state index is 11.2. The van der Waals surface area contributed by atoms with Gasteiger partial charge in [-0.1, -0.05) is 0 Å². The Morgan fingerprint density at radius 1 is 1.21 bits per heavy atom. The van der Waals surface area contributed by atoms with Gasteiger partial charge in [0.25, 0.3) is 0 Å². The molecule has 0 unspecified atom stereocenters. The summed E-state index contributed by atoms with van der Waals surface area (Å²) in [5.41, 5.74) is 4.75. The summed E-state index contributed by atoms with van der Waals surface area (Å²) in [5, 5.41) is 3.06.